The lowest BCUT2D eigenvalue weighted by Gasteiger charge is -2.15. The number of aromatic nitrogens is 1. The maximum atomic E-state index is 11.6. The maximum absolute atomic E-state index is 11.6. The van der Waals surface area contributed by atoms with E-state index in [1.54, 1.807) is 11.1 Å². The van der Waals surface area contributed by atoms with Crippen LogP contribution < -0.4 is 0 Å². The summed E-state index contributed by atoms with van der Waals surface area (Å²) < 4.78 is 0. The summed E-state index contributed by atoms with van der Waals surface area (Å²) in [5.41, 5.74) is 0.999. The SMILES string of the molecule is O=C(O)C1CC(=O)N(CCCc2ccccn2)C1. The highest BCUT2D eigenvalue weighted by Gasteiger charge is 2.33. The Bertz CT molecular complexity index is 433. The molecule has 1 aromatic rings. The summed E-state index contributed by atoms with van der Waals surface area (Å²) in [5.74, 6) is -1.47. The molecular weight excluding hydrogens is 232 g/mol. The van der Waals surface area contributed by atoms with Gasteiger partial charge in [0.25, 0.3) is 0 Å². The number of aliphatic carboxylic acids is 1. The zero-order chi connectivity index (χ0) is 13.0. The summed E-state index contributed by atoms with van der Waals surface area (Å²) in [6, 6.07) is 5.75. The maximum Gasteiger partial charge on any atom is 0.308 e. The predicted octanol–water partition coefficient (Wildman–Crippen LogP) is 0.947. The minimum atomic E-state index is -0.879. The van der Waals surface area contributed by atoms with E-state index in [9.17, 15) is 9.59 Å². The van der Waals surface area contributed by atoms with Crippen molar-refractivity contribution in [2.24, 2.45) is 5.92 Å². The topological polar surface area (TPSA) is 70.5 Å². The van der Waals surface area contributed by atoms with Crippen LogP contribution in [0.5, 0.6) is 0 Å². The van der Waals surface area contributed by atoms with E-state index in [-0.39, 0.29) is 12.3 Å². The zero-order valence-electron chi connectivity index (χ0n) is 10.1. The lowest BCUT2D eigenvalue weighted by Crippen LogP contribution is -2.27. The first-order chi connectivity index (χ1) is 8.66. The second kappa shape index (κ2) is 5.62. The Kier molecular flexibility index (Phi) is 3.92. The molecule has 1 amide bonds. The fourth-order valence-corrected chi connectivity index (χ4v) is 2.15. The highest BCUT2D eigenvalue weighted by Crippen LogP contribution is 2.18. The smallest absolute Gasteiger partial charge is 0.308 e. The van der Waals surface area contributed by atoms with E-state index in [2.05, 4.69) is 4.98 Å². The first-order valence-corrected chi connectivity index (χ1v) is 6.07. The summed E-state index contributed by atoms with van der Waals surface area (Å²) in [6.07, 6.45) is 3.51. The van der Waals surface area contributed by atoms with Gasteiger partial charge in [0.1, 0.15) is 0 Å². The minimum absolute atomic E-state index is 0.0524. The number of carbonyl (C=O) groups excluding carboxylic acids is 1. The summed E-state index contributed by atoms with van der Waals surface area (Å²) in [5, 5.41) is 8.86. The Morgan fingerprint density at radius 1 is 1.50 bits per heavy atom. The molecule has 18 heavy (non-hydrogen) atoms. The van der Waals surface area contributed by atoms with Crippen molar-refractivity contribution in [2.45, 2.75) is 19.3 Å². The molecule has 1 unspecified atom stereocenters. The van der Waals surface area contributed by atoms with Gasteiger partial charge in [0.05, 0.1) is 5.92 Å². The number of carboxylic acids is 1. The molecule has 1 aliphatic rings. The summed E-state index contributed by atoms with van der Waals surface area (Å²) >= 11 is 0. The number of hydrogen-bond donors (Lipinski definition) is 1. The number of likely N-dealkylation sites (tertiary alicyclic amines) is 1. The average Bonchev–Trinajstić information content (AvgIpc) is 2.73. The van der Waals surface area contributed by atoms with Crippen molar-refractivity contribution < 1.29 is 14.7 Å². The third kappa shape index (κ3) is 3.06. The van der Waals surface area contributed by atoms with E-state index < -0.39 is 11.9 Å². The zero-order valence-corrected chi connectivity index (χ0v) is 10.1. The number of carboxylic acid groups (broad SMARTS) is 1. The Morgan fingerprint density at radius 2 is 2.33 bits per heavy atom. The lowest BCUT2D eigenvalue weighted by atomic mass is 10.1. The van der Waals surface area contributed by atoms with E-state index >= 15 is 0 Å². The fourth-order valence-electron chi connectivity index (χ4n) is 2.15. The first-order valence-electron chi connectivity index (χ1n) is 6.07. The number of aryl methyl sites for hydroxylation is 1. The molecule has 1 aliphatic heterocycles. The Morgan fingerprint density at radius 3 is 2.94 bits per heavy atom. The molecule has 5 heteroatoms. The van der Waals surface area contributed by atoms with Crippen molar-refractivity contribution in [2.75, 3.05) is 13.1 Å². The van der Waals surface area contributed by atoms with Gasteiger partial charge < -0.3 is 10.0 Å². The van der Waals surface area contributed by atoms with E-state index in [0.29, 0.717) is 13.1 Å². The van der Waals surface area contributed by atoms with Gasteiger partial charge in [-0.05, 0) is 25.0 Å². The van der Waals surface area contributed by atoms with Gasteiger partial charge >= 0.3 is 5.97 Å². The van der Waals surface area contributed by atoms with E-state index in [0.717, 1.165) is 18.5 Å². The van der Waals surface area contributed by atoms with Crippen molar-refractivity contribution in [3.63, 3.8) is 0 Å². The molecular formula is C13H16N2O3. The van der Waals surface area contributed by atoms with Gasteiger partial charge in [0, 0.05) is 31.4 Å². The monoisotopic (exact) mass is 248 g/mol. The number of amides is 1. The summed E-state index contributed by atoms with van der Waals surface area (Å²) in [7, 11) is 0. The fraction of sp³-hybridized carbons (Fsp3) is 0.462. The van der Waals surface area contributed by atoms with Gasteiger partial charge in [-0.15, -0.1) is 0 Å². The van der Waals surface area contributed by atoms with Crippen LogP contribution in [-0.2, 0) is 16.0 Å². The largest absolute Gasteiger partial charge is 0.481 e. The van der Waals surface area contributed by atoms with Crippen LogP contribution in [0, 0.1) is 5.92 Å². The van der Waals surface area contributed by atoms with Gasteiger partial charge in [-0.2, -0.15) is 0 Å². The molecule has 0 radical (unpaired) electrons. The molecule has 1 aromatic heterocycles. The molecule has 0 saturated carbocycles. The number of pyridine rings is 1. The molecule has 96 valence electrons. The van der Waals surface area contributed by atoms with Gasteiger partial charge in [-0.3, -0.25) is 14.6 Å². The number of carbonyl (C=O) groups is 2. The predicted molar refractivity (Wildman–Crippen MR) is 64.9 cm³/mol. The second-order valence-electron chi connectivity index (χ2n) is 4.50. The van der Waals surface area contributed by atoms with Gasteiger partial charge in [0.2, 0.25) is 5.91 Å². The molecule has 5 nitrogen and oxygen atoms in total. The Hall–Kier alpha value is -1.91. The van der Waals surface area contributed by atoms with Crippen LogP contribution in [0.4, 0.5) is 0 Å². The van der Waals surface area contributed by atoms with Crippen LogP contribution in [0.25, 0.3) is 0 Å². The van der Waals surface area contributed by atoms with Crippen LogP contribution in [0.1, 0.15) is 18.5 Å². The molecule has 1 fully saturated rings. The van der Waals surface area contributed by atoms with Crippen molar-refractivity contribution in [3.8, 4) is 0 Å². The second-order valence-corrected chi connectivity index (χ2v) is 4.50. The third-order valence-electron chi connectivity index (χ3n) is 3.15. The molecule has 1 saturated heterocycles. The molecule has 1 N–H and O–H groups in total. The molecule has 1 atom stereocenters. The molecule has 0 aliphatic carbocycles. The van der Waals surface area contributed by atoms with Crippen LogP contribution in [0.3, 0.4) is 0 Å². The van der Waals surface area contributed by atoms with Crippen LogP contribution >= 0.6 is 0 Å². The molecule has 2 rings (SSSR count). The third-order valence-corrected chi connectivity index (χ3v) is 3.15. The van der Waals surface area contributed by atoms with Gasteiger partial charge in [0.15, 0.2) is 0 Å². The molecule has 2 heterocycles. The number of rotatable bonds is 5. The summed E-state index contributed by atoms with van der Waals surface area (Å²) in [4.78, 5) is 28.2. The van der Waals surface area contributed by atoms with Crippen molar-refractivity contribution in [1.82, 2.24) is 9.88 Å². The standard InChI is InChI=1S/C13H16N2O3/c16-12-8-10(13(17)18)9-15(12)7-3-5-11-4-1-2-6-14-11/h1-2,4,6,10H,3,5,7-9H2,(H,17,18). The highest BCUT2D eigenvalue weighted by molar-refractivity contribution is 5.86. The Labute approximate surface area is 105 Å². The number of hydrogen-bond acceptors (Lipinski definition) is 3. The molecule has 0 spiro atoms. The lowest BCUT2D eigenvalue weighted by molar-refractivity contribution is -0.141. The van der Waals surface area contributed by atoms with E-state index in [4.69, 9.17) is 5.11 Å². The van der Waals surface area contributed by atoms with E-state index in [1.165, 1.54) is 0 Å². The van der Waals surface area contributed by atoms with Crippen LogP contribution in [0.15, 0.2) is 24.4 Å². The normalized spacial score (nSPS) is 19.2. The summed E-state index contributed by atoms with van der Waals surface area (Å²) in [6.45, 7) is 0.954. The van der Waals surface area contributed by atoms with Crippen molar-refractivity contribution >= 4 is 11.9 Å². The molecule has 0 bridgehead atoms. The quantitative estimate of drug-likeness (QED) is 0.842. The minimum Gasteiger partial charge on any atom is -0.481 e. The van der Waals surface area contributed by atoms with Gasteiger partial charge in [-0.25, -0.2) is 0 Å². The highest BCUT2D eigenvalue weighted by atomic mass is 16.4. The molecule has 0 aromatic carbocycles. The Balaban J connectivity index is 1.78. The van der Waals surface area contributed by atoms with Gasteiger partial charge in [-0.1, -0.05) is 6.07 Å². The average molecular weight is 248 g/mol. The van der Waals surface area contributed by atoms with Crippen LogP contribution in [0.2, 0.25) is 0 Å². The first kappa shape index (κ1) is 12.5. The van der Waals surface area contributed by atoms with Crippen molar-refractivity contribution in [1.29, 1.82) is 0 Å². The van der Waals surface area contributed by atoms with E-state index in [1.807, 2.05) is 18.2 Å². The van der Waals surface area contributed by atoms with Crippen LogP contribution in [-0.4, -0.2) is 40.0 Å². The van der Waals surface area contributed by atoms with Crippen molar-refractivity contribution in [3.05, 3.63) is 30.1 Å². The number of nitrogens with zero attached hydrogens (tertiary/aromatic N) is 2.